The van der Waals surface area contributed by atoms with Crippen molar-refractivity contribution < 1.29 is 0 Å². The Kier molecular flexibility index (Phi) is 6.97. The zero-order valence-corrected chi connectivity index (χ0v) is 14.7. The Hall–Kier alpha value is -0.120. The molecule has 0 radical (unpaired) electrons. The second kappa shape index (κ2) is 8.50. The van der Waals surface area contributed by atoms with Gasteiger partial charge in [0, 0.05) is 24.7 Å². The topological polar surface area (TPSA) is 27.3 Å². The maximum atomic E-state index is 3.96. The summed E-state index contributed by atoms with van der Waals surface area (Å²) in [6.07, 6.45) is 9.57. The van der Waals surface area contributed by atoms with E-state index in [1.54, 1.807) is 0 Å². The van der Waals surface area contributed by atoms with Crippen molar-refractivity contribution >= 4 is 0 Å². The fourth-order valence-electron chi connectivity index (χ4n) is 4.68. The third-order valence-electron chi connectivity index (χ3n) is 6.03. The molecule has 2 aliphatic rings. The van der Waals surface area contributed by atoms with Crippen LogP contribution in [-0.4, -0.2) is 50.2 Å². The van der Waals surface area contributed by atoms with Gasteiger partial charge in [-0.2, -0.15) is 0 Å². The van der Waals surface area contributed by atoms with Crippen molar-refractivity contribution in [1.82, 2.24) is 15.5 Å². The van der Waals surface area contributed by atoms with E-state index in [-0.39, 0.29) is 0 Å². The number of hydrogen-bond donors (Lipinski definition) is 2. The van der Waals surface area contributed by atoms with Crippen LogP contribution in [0.5, 0.6) is 0 Å². The van der Waals surface area contributed by atoms with Crippen LogP contribution >= 0.6 is 0 Å². The number of likely N-dealkylation sites (N-methyl/N-ethyl adjacent to an activating group) is 1. The van der Waals surface area contributed by atoms with Gasteiger partial charge in [-0.25, -0.2) is 0 Å². The van der Waals surface area contributed by atoms with Crippen LogP contribution in [0, 0.1) is 11.8 Å². The first-order chi connectivity index (χ1) is 10.2. The smallest absolute Gasteiger partial charge is 0.0242 e. The summed E-state index contributed by atoms with van der Waals surface area (Å²) in [7, 11) is 4.49. The summed E-state index contributed by atoms with van der Waals surface area (Å²) in [6, 6.07) is 2.21. The Bertz CT molecular complexity index is 282. The number of rotatable bonds is 8. The van der Waals surface area contributed by atoms with Gasteiger partial charge in [0.1, 0.15) is 0 Å². The molecule has 0 aromatic rings. The van der Waals surface area contributed by atoms with Gasteiger partial charge in [0.2, 0.25) is 0 Å². The normalized spacial score (nSPS) is 31.4. The Morgan fingerprint density at radius 2 is 1.86 bits per heavy atom. The highest BCUT2D eigenvalue weighted by atomic mass is 15.1. The van der Waals surface area contributed by atoms with Gasteiger partial charge in [0.15, 0.2) is 0 Å². The molecule has 0 aromatic heterocycles. The third kappa shape index (κ3) is 4.43. The van der Waals surface area contributed by atoms with Crippen molar-refractivity contribution in [2.24, 2.45) is 11.8 Å². The molecule has 0 spiro atoms. The lowest BCUT2D eigenvalue weighted by molar-refractivity contribution is 0.182. The predicted octanol–water partition coefficient (Wildman–Crippen LogP) is 2.86. The summed E-state index contributed by atoms with van der Waals surface area (Å²) in [4.78, 5) is 2.43. The molecule has 124 valence electrons. The molecular weight excluding hydrogens is 258 g/mol. The fourth-order valence-corrected chi connectivity index (χ4v) is 4.68. The highest BCUT2D eigenvalue weighted by Crippen LogP contribution is 2.32. The molecule has 4 atom stereocenters. The maximum Gasteiger partial charge on any atom is 0.0242 e. The molecule has 2 fully saturated rings. The molecule has 21 heavy (non-hydrogen) atoms. The first-order valence-corrected chi connectivity index (χ1v) is 9.30. The summed E-state index contributed by atoms with van der Waals surface area (Å²) in [5.74, 6) is 1.69. The van der Waals surface area contributed by atoms with Gasteiger partial charge in [0.05, 0.1) is 0 Å². The van der Waals surface area contributed by atoms with Crippen LogP contribution in [0.15, 0.2) is 0 Å². The molecule has 1 heterocycles. The van der Waals surface area contributed by atoms with Gasteiger partial charge in [-0.3, -0.25) is 0 Å². The van der Waals surface area contributed by atoms with Crippen LogP contribution in [0.1, 0.15) is 58.8 Å². The summed E-state index contributed by atoms with van der Waals surface area (Å²) in [6.45, 7) is 7.08. The van der Waals surface area contributed by atoms with Crippen molar-refractivity contribution in [1.29, 1.82) is 0 Å². The maximum absolute atomic E-state index is 3.96. The minimum absolute atomic E-state index is 0.679. The standard InChI is InChI=1S/C18H37N3/c1-5-14(6-2)18(21(3)4)13-20-17-10-7-9-15(17)16-11-8-12-19-16/h14-20H,5-13H2,1-4H3. The highest BCUT2D eigenvalue weighted by Gasteiger charge is 2.35. The molecular formula is C18H37N3. The van der Waals surface area contributed by atoms with E-state index < -0.39 is 0 Å². The van der Waals surface area contributed by atoms with E-state index in [1.807, 2.05) is 0 Å². The van der Waals surface area contributed by atoms with Crippen LogP contribution in [0.4, 0.5) is 0 Å². The van der Waals surface area contributed by atoms with E-state index in [4.69, 9.17) is 0 Å². The molecule has 3 heteroatoms. The van der Waals surface area contributed by atoms with Gasteiger partial charge in [-0.15, -0.1) is 0 Å². The second-order valence-electron chi connectivity index (χ2n) is 7.42. The first-order valence-electron chi connectivity index (χ1n) is 9.30. The zero-order chi connectivity index (χ0) is 15.2. The Balaban J connectivity index is 1.87. The van der Waals surface area contributed by atoms with E-state index in [0.717, 1.165) is 30.5 Å². The molecule has 4 unspecified atom stereocenters. The van der Waals surface area contributed by atoms with Crippen molar-refractivity contribution in [3.05, 3.63) is 0 Å². The van der Waals surface area contributed by atoms with Crippen molar-refractivity contribution in [3.8, 4) is 0 Å². The van der Waals surface area contributed by atoms with Crippen molar-refractivity contribution in [3.63, 3.8) is 0 Å². The lowest BCUT2D eigenvalue weighted by atomic mass is 9.91. The average molecular weight is 296 g/mol. The molecule has 1 saturated heterocycles. The predicted molar refractivity (Wildman–Crippen MR) is 91.7 cm³/mol. The number of nitrogens with one attached hydrogen (secondary N) is 2. The lowest BCUT2D eigenvalue weighted by Crippen LogP contribution is -2.49. The summed E-state index contributed by atoms with van der Waals surface area (Å²) >= 11 is 0. The summed E-state index contributed by atoms with van der Waals surface area (Å²) in [5.41, 5.74) is 0. The first kappa shape index (κ1) is 17.2. The van der Waals surface area contributed by atoms with Crippen LogP contribution < -0.4 is 10.6 Å². The Morgan fingerprint density at radius 3 is 2.43 bits per heavy atom. The molecule has 2 rings (SSSR count). The van der Waals surface area contributed by atoms with Gasteiger partial charge in [-0.05, 0) is 58.2 Å². The minimum atomic E-state index is 0.679. The van der Waals surface area contributed by atoms with Gasteiger partial charge >= 0.3 is 0 Å². The van der Waals surface area contributed by atoms with Crippen molar-refractivity contribution in [2.75, 3.05) is 27.2 Å². The number of hydrogen-bond acceptors (Lipinski definition) is 3. The van der Waals surface area contributed by atoms with E-state index >= 15 is 0 Å². The van der Waals surface area contributed by atoms with Crippen molar-refractivity contribution in [2.45, 2.75) is 76.9 Å². The summed E-state index contributed by atoms with van der Waals surface area (Å²) in [5, 5.41) is 7.69. The van der Waals surface area contributed by atoms with Gasteiger partial charge in [-0.1, -0.05) is 33.1 Å². The molecule has 0 bridgehead atoms. The highest BCUT2D eigenvalue weighted by molar-refractivity contribution is 4.94. The molecule has 1 aliphatic heterocycles. The largest absolute Gasteiger partial charge is 0.314 e. The SMILES string of the molecule is CCC(CC)C(CNC1CCCC1C1CCCN1)N(C)C. The quantitative estimate of drug-likeness (QED) is 0.721. The third-order valence-corrected chi connectivity index (χ3v) is 6.03. The van der Waals surface area contributed by atoms with Crippen LogP contribution in [-0.2, 0) is 0 Å². The lowest BCUT2D eigenvalue weighted by Gasteiger charge is -2.34. The molecule has 0 amide bonds. The molecule has 0 aromatic carbocycles. The van der Waals surface area contributed by atoms with Gasteiger partial charge in [0.25, 0.3) is 0 Å². The van der Waals surface area contributed by atoms with E-state index in [2.05, 4.69) is 43.5 Å². The monoisotopic (exact) mass is 295 g/mol. The number of nitrogens with zero attached hydrogens (tertiary/aromatic N) is 1. The fraction of sp³-hybridized carbons (Fsp3) is 1.00. The second-order valence-corrected chi connectivity index (χ2v) is 7.42. The Labute approximate surface area is 132 Å². The van der Waals surface area contributed by atoms with Crippen LogP contribution in [0.3, 0.4) is 0 Å². The molecule has 1 aliphatic carbocycles. The minimum Gasteiger partial charge on any atom is -0.314 e. The summed E-state index contributed by atoms with van der Waals surface area (Å²) < 4.78 is 0. The van der Waals surface area contributed by atoms with Crippen LogP contribution in [0.25, 0.3) is 0 Å². The van der Waals surface area contributed by atoms with E-state index in [9.17, 15) is 0 Å². The molecule has 3 nitrogen and oxygen atoms in total. The van der Waals surface area contributed by atoms with Gasteiger partial charge < -0.3 is 15.5 Å². The van der Waals surface area contributed by atoms with E-state index in [0.29, 0.717) is 6.04 Å². The van der Waals surface area contributed by atoms with Crippen LogP contribution in [0.2, 0.25) is 0 Å². The average Bonchev–Trinajstić information content (AvgIpc) is 3.13. The molecule has 2 N–H and O–H groups in total. The zero-order valence-electron chi connectivity index (χ0n) is 14.7. The Morgan fingerprint density at radius 1 is 1.10 bits per heavy atom. The molecule has 1 saturated carbocycles. The van der Waals surface area contributed by atoms with E-state index in [1.165, 1.54) is 51.5 Å².